The molecule has 0 spiro atoms. The molecule has 1 saturated carbocycles. The molecule has 0 aromatic heterocycles. The highest BCUT2D eigenvalue weighted by molar-refractivity contribution is 5.75. The number of nitrogens with two attached hydrogens (primary N) is 1. The van der Waals surface area contributed by atoms with Gasteiger partial charge in [0.1, 0.15) is 0 Å². The van der Waals surface area contributed by atoms with Crippen molar-refractivity contribution in [2.45, 2.75) is 25.4 Å². The number of hydrogen-bond acceptors (Lipinski definition) is 3. The number of amides is 1. The third kappa shape index (κ3) is 3.27. The fourth-order valence-electron chi connectivity index (χ4n) is 1.54. The summed E-state index contributed by atoms with van der Waals surface area (Å²) < 4.78 is 5.53. The Morgan fingerprint density at radius 3 is 2.64 bits per heavy atom. The number of ether oxygens (including phenoxy) is 1. The van der Waals surface area contributed by atoms with Gasteiger partial charge in [0.15, 0.2) is 0 Å². The molecule has 0 aliphatic heterocycles. The fraction of sp³-hybridized carbons (Fsp3) is 0.900. The molecule has 0 saturated heterocycles. The van der Waals surface area contributed by atoms with Crippen molar-refractivity contribution in [3.63, 3.8) is 0 Å². The van der Waals surface area contributed by atoms with Crippen molar-refractivity contribution < 1.29 is 9.53 Å². The topological polar surface area (TPSA) is 55.6 Å². The number of carbonyl (C=O) groups excluding carboxylic acids is 1. The van der Waals surface area contributed by atoms with Gasteiger partial charge in [-0.05, 0) is 25.3 Å². The van der Waals surface area contributed by atoms with Gasteiger partial charge in [-0.2, -0.15) is 0 Å². The third-order valence-corrected chi connectivity index (χ3v) is 2.69. The van der Waals surface area contributed by atoms with Gasteiger partial charge >= 0.3 is 0 Å². The predicted octanol–water partition coefficient (Wildman–Crippen LogP) is 0.219. The van der Waals surface area contributed by atoms with E-state index in [0.717, 1.165) is 19.4 Å². The standard InChI is InChI=1S/C10H20N2O2/c1-12(2)10(13)3-4-14-9-5-8(6-9)7-11/h8-9H,3-7,11H2,1-2H3. The molecule has 0 bridgehead atoms. The molecule has 82 valence electrons. The predicted molar refractivity (Wildman–Crippen MR) is 54.8 cm³/mol. The maximum absolute atomic E-state index is 11.2. The monoisotopic (exact) mass is 200 g/mol. The summed E-state index contributed by atoms with van der Waals surface area (Å²) in [6, 6.07) is 0. The second kappa shape index (κ2) is 5.32. The van der Waals surface area contributed by atoms with E-state index in [1.165, 1.54) is 0 Å². The summed E-state index contributed by atoms with van der Waals surface area (Å²) in [7, 11) is 3.52. The van der Waals surface area contributed by atoms with Crippen LogP contribution in [0, 0.1) is 5.92 Å². The lowest BCUT2D eigenvalue weighted by atomic mass is 9.82. The van der Waals surface area contributed by atoms with Gasteiger partial charge in [0.05, 0.1) is 19.1 Å². The molecular weight excluding hydrogens is 180 g/mol. The Hall–Kier alpha value is -0.610. The molecule has 0 aromatic rings. The second-order valence-corrected chi connectivity index (χ2v) is 4.10. The molecule has 0 atom stereocenters. The summed E-state index contributed by atoms with van der Waals surface area (Å²) in [4.78, 5) is 12.8. The van der Waals surface area contributed by atoms with Crippen LogP contribution in [-0.4, -0.2) is 44.2 Å². The minimum atomic E-state index is 0.125. The van der Waals surface area contributed by atoms with Crippen LogP contribution >= 0.6 is 0 Å². The molecule has 1 aliphatic rings. The maximum Gasteiger partial charge on any atom is 0.224 e. The fourth-order valence-corrected chi connectivity index (χ4v) is 1.54. The van der Waals surface area contributed by atoms with Crippen LogP contribution in [0.3, 0.4) is 0 Å². The van der Waals surface area contributed by atoms with Crippen molar-refractivity contribution in [2.75, 3.05) is 27.2 Å². The minimum Gasteiger partial charge on any atom is -0.378 e. The first-order valence-corrected chi connectivity index (χ1v) is 5.15. The van der Waals surface area contributed by atoms with E-state index in [0.29, 0.717) is 25.0 Å². The lowest BCUT2D eigenvalue weighted by Crippen LogP contribution is -2.36. The van der Waals surface area contributed by atoms with E-state index < -0.39 is 0 Å². The van der Waals surface area contributed by atoms with Crippen LogP contribution in [0.4, 0.5) is 0 Å². The van der Waals surface area contributed by atoms with E-state index >= 15 is 0 Å². The van der Waals surface area contributed by atoms with Gasteiger partial charge in [-0.25, -0.2) is 0 Å². The normalized spacial score (nSPS) is 25.6. The van der Waals surface area contributed by atoms with Crippen LogP contribution in [0.2, 0.25) is 0 Å². The summed E-state index contributed by atoms with van der Waals surface area (Å²) >= 11 is 0. The zero-order valence-corrected chi connectivity index (χ0v) is 9.03. The molecule has 4 nitrogen and oxygen atoms in total. The molecule has 2 N–H and O–H groups in total. The summed E-state index contributed by atoms with van der Waals surface area (Å²) in [5.41, 5.74) is 5.50. The first-order chi connectivity index (χ1) is 6.63. The Balaban J connectivity index is 1.98. The van der Waals surface area contributed by atoms with E-state index in [-0.39, 0.29) is 5.91 Å². The molecule has 1 amide bonds. The SMILES string of the molecule is CN(C)C(=O)CCOC1CC(CN)C1. The molecule has 0 aromatic carbocycles. The van der Waals surface area contributed by atoms with Gasteiger partial charge < -0.3 is 15.4 Å². The van der Waals surface area contributed by atoms with Crippen molar-refractivity contribution >= 4 is 5.91 Å². The van der Waals surface area contributed by atoms with Crippen molar-refractivity contribution in [3.8, 4) is 0 Å². The van der Waals surface area contributed by atoms with Crippen molar-refractivity contribution in [1.82, 2.24) is 4.90 Å². The van der Waals surface area contributed by atoms with E-state index in [2.05, 4.69) is 0 Å². The van der Waals surface area contributed by atoms with E-state index in [1.807, 2.05) is 0 Å². The van der Waals surface area contributed by atoms with Crippen LogP contribution in [0.1, 0.15) is 19.3 Å². The molecule has 1 rings (SSSR count). The number of rotatable bonds is 5. The van der Waals surface area contributed by atoms with Crippen LogP contribution < -0.4 is 5.73 Å². The Kier molecular flexibility index (Phi) is 4.35. The number of nitrogens with zero attached hydrogens (tertiary/aromatic N) is 1. The van der Waals surface area contributed by atoms with Crippen LogP contribution in [0.5, 0.6) is 0 Å². The van der Waals surface area contributed by atoms with Gasteiger partial charge in [-0.1, -0.05) is 0 Å². The minimum absolute atomic E-state index is 0.125. The molecular formula is C10H20N2O2. The quantitative estimate of drug-likeness (QED) is 0.690. The Morgan fingerprint density at radius 2 is 2.14 bits per heavy atom. The summed E-state index contributed by atoms with van der Waals surface area (Å²) in [5.74, 6) is 0.768. The lowest BCUT2D eigenvalue weighted by molar-refractivity contribution is -0.131. The van der Waals surface area contributed by atoms with Crippen LogP contribution in [0.25, 0.3) is 0 Å². The van der Waals surface area contributed by atoms with Gasteiger partial charge in [-0.3, -0.25) is 4.79 Å². The van der Waals surface area contributed by atoms with Gasteiger partial charge in [0, 0.05) is 14.1 Å². The summed E-state index contributed by atoms with van der Waals surface area (Å²) in [6.45, 7) is 1.30. The smallest absolute Gasteiger partial charge is 0.224 e. The summed E-state index contributed by atoms with van der Waals surface area (Å²) in [6.07, 6.45) is 2.95. The zero-order valence-electron chi connectivity index (χ0n) is 9.03. The highest BCUT2D eigenvalue weighted by Gasteiger charge is 2.28. The van der Waals surface area contributed by atoms with Gasteiger partial charge in [0.25, 0.3) is 0 Å². The van der Waals surface area contributed by atoms with Crippen LogP contribution in [-0.2, 0) is 9.53 Å². The third-order valence-electron chi connectivity index (χ3n) is 2.69. The van der Waals surface area contributed by atoms with Crippen molar-refractivity contribution in [1.29, 1.82) is 0 Å². The Labute approximate surface area is 85.4 Å². The van der Waals surface area contributed by atoms with Crippen molar-refractivity contribution in [3.05, 3.63) is 0 Å². The molecule has 1 aliphatic carbocycles. The Morgan fingerprint density at radius 1 is 1.50 bits per heavy atom. The highest BCUT2D eigenvalue weighted by atomic mass is 16.5. The first-order valence-electron chi connectivity index (χ1n) is 5.15. The Bertz CT molecular complexity index is 189. The highest BCUT2D eigenvalue weighted by Crippen LogP contribution is 2.28. The molecule has 0 heterocycles. The molecule has 0 unspecified atom stereocenters. The number of hydrogen-bond donors (Lipinski definition) is 1. The second-order valence-electron chi connectivity index (χ2n) is 4.10. The van der Waals surface area contributed by atoms with Gasteiger partial charge in [0.2, 0.25) is 5.91 Å². The van der Waals surface area contributed by atoms with Gasteiger partial charge in [-0.15, -0.1) is 0 Å². The molecule has 4 heteroatoms. The largest absolute Gasteiger partial charge is 0.378 e. The summed E-state index contributed by atoms with van der Waals surface area (Å²) in [5, 5.41) is 0. The average molecular weight is 200 g/mol. The number of carbonyl (C=O) groups is 1. The van der Waals surface area contributed by atoms with Crippen LogP contribution in [0.15, 0.2) is 0 Å². The lowest BCUT2D eigenvalue weighted by Gasteiger charge is -2.34. The average Bonchev–Trinajstić information content (AvgIpc) is 2.08. The zero-order chi connectivity index (χ0) is 10.6. The van der Waals surface area contributed by atoms with Crippen molar-refractivity contribution in [2.24, 2.45) is 11.7 Å². The molecule has 0 radical (unpaired) electrons. The van der Waals surface area contributed by atoms with E-state index in [1.54, 1.807) is 19.0 Å². The van der Waals surface area contributed by atoms with E-state index in [9.17, 15) is 4.79 Å². The molecule has 1 fully saturated rings. The maximum atomic E-state index is 11.2. The molecule has 14 heavy (non-hydrogen) atoms. The van der Waals surface area contributed by atoms with E-state index in [4.69, 9.17) is 10.5 Å². The first kappa shape index (κ1) is 11.5.